The lowest BCUT2D eigenvalue weighted by atomic mass is 10.3. The summed E-state index contributed by atoms with van der Waals surface area (Å²) in [4.78, 5) is 11.1. The molecule has 7 heteroatoms. The molecule has 0 aliphatic heterocycles. The Morgan fingerprint density at radius 1 is 1.37 bits per heavy atom. The molecule has 2 aromatic rings. The monoisotopic (exact) mass is 295 g/mol. The van der Waals surface area contributed by atoms with Gasteiger partial charge in [0, 0.05) is 10.7 Å². The lowest BCUT2D eigenvalue weighted by molar-refractivity contribution is 0.0692. The molecule has 2 N–H and O–H groups in total. The first-order valence-corrected chi connectivity index (χ1v) is 6.88. The molecule has 2 rings (SSSR count). The van der Waals surface area contributed by atoms with Crippen molar-refractivity contribution in [2.75, 3.05) is 11.6 Å². The van der Waals surface area contributed by atoms with E-state index in [0.29, 0.717) is 15.9 Å². The number of thioether (sulfide) groups is 1. The summed E-state index contributed by atoms with van der Waals surface area (Å²) >= 11 is 7.10. The van der Waals surface area contributed by atoms with Gasteiger partial charge in [0.05, 0.1) is 5.56 Å². The van der Waals surface area contributed by atoms with Gasteiger partial charge in [0.1, 0.15) is 5.03 Å². The van der Waals surface area contributed by atoms with E-state index >= 15 is 0 Å². The first-order valence-electron chi connectivity index (χ1n) is 5.28. The summed E-state index contributed by atoms with van der Waals surface area (Å²) in [6, 6.07) is 8.50. The second kappa shape index (κ2) is 5.90. The van der Waals surface area contributed by atoms with Gasteiger partial charge in [-0.1, -0.05) is 17.7 Å². The van der Waals surface area contributed by atoms with Crippen LogP contribution in [0.2, 0.25) is 5.02 Å². The first-order chi connectivity index (χ1) is 9.10. The fourth-order valence-electron chi connectivity index (χ4n) is 1.46. The van der Waals surface area contributed by atoms with Gasteiger partial charge in [-0.15, -0.1) is 22.0 Å². The molecule has 0 atom stereocenters. The Bertz CT molecular complexity index is 622. The van der Waals surface area contributed by atoms with Crippen molar-refractivity contribution >= 4 is 40.8 Å². The van der Waals surface area contributed by atoms with Gasteiger partial charge in [-0.2, -0.15) is 0 Å². The van der Waals surface area contributed by atoms with E-state index in [1.807, 2.05) is 0 Å². The maximum Gasteiger partial charge on any atom is 0.338 e. The van der Waals surface area contributed by atoms with Crippen molar-refractivity contribution in [3.63, 3.8) is 0 Å². The van der Waals surface area contributed by atoms with Gasteiger partial charge in [-0.05, 0) is 30.5 Å². The van der Waals surface area contributed by atoms with Gasteiger partial charge < -0.3 is 10.4 Å². The number of aromatic nitrogens is 2. The minimum absolute atomic E-state index is 0.118. The Hall–Kier alpha value is -1.79. The molecule has 0 unspecified atom stereocenters. The molecule has 0 radical (unpaired) electrons. The van der Waals surface area contributed by atoms with Crippen molar-refractivity contribution in [2.45, 2.75) is 5.03 Å². The molecule has 0 aliphatic carbocycles. The molecule has 1 heterocycles. The molecule has 5 nitrogen and oxygen atoms in total. The Labute approximate surface area is 119 Å². The number of carbonyl (C=O) groups is 1. The number of hydrogen-bond acceptors (Lipinski definition) is 5. The van der Waals surface area contributed by atoms with Gasteiger partial charge in [0.25, 0.3) is 0 Å². The van der Waals surface area contributed by atoms with Crippen LogP contribution in [0.5, 0.6) is 0 Å². The maximum absolute atomic E-state index is 11.1. The highest BCUT2D eigenvalue weighted by Crippen LogP contribution is 2.22. The third kappa shape index (κ3) is 3.36. The van der Waals surface area contributed by atoms with Crippen LogP contribution in [0, 0.1) is 0 Å². The normalized spacial score (nSPS) is 10.2. The summed E-state index contributed by atoms with van der Waals surface area (Å²) in [5.41, 5.74) is 0.835. The molecule has 19 heavy (non-hydrogen) atoms. The van der Waals surface area contributed by atoms with E-state index in [1.54, 1.807) is 30.5 Å². The van der Waals surface area contributed by atoms with E-state index < -0.39 is 5.97 Å². The molecule has 98 valence electrons. The number of anilines is 2. The molecule has 0 bridgehead atoms. The quantitative estimate of drug-likeness (QED) is 0.843. The Kier molecular flexibility index (Phi) is 4.24. The van der Waals surface area contributed by atoms with Crippen molar-refractivity contribution in [3.8, 4) is 0 Å². The lowest BCUT2D eigenvalue weighted by Crippen LogP contribution is -2.05. The second-order valence-corrected chi connectivity index (χ2v) is 4.82. The number of nitrogens with one attached hydrogen (secondary N) is 1. The SMILES string of the molecule is CSc1nnc(Nc2cccc(Cl)c2)cc1C(=O)O. The van der Waals surface area contributed by atoms with Gasteiger partial charge in [-0.25, -0.2) is 4.79 Å². The molecule has 0 amide bonds. The number of aromatic carboxylic acids is 1. The van der Waals surface area contributed by atoms with Crippen LogP contribution >= 0.6 is 23.4 Å². The highest BCUT2D eigenvalue weighted by Gasteiger charge is 2.13. The third-order valence-electron chi connectivity index (χ3n) is 2.28. The van der Waals surface area contributed by atoms with E-state index in [-0.39, 0.29) is 5.56 Å². The predicted octanol–water partition coefficient (Wildman–Crippen LogP) is 3.29. The van der Waals surface area contributed by atoms with E-state index in [1.165, 1.54) is 17.8 Å². The van der Waals surface area contributed by atoms with E-state index in [9.17, 15) is 4.79 Å². The number of carboxylic acids is 1. The van der Waals surface area contributed by atoms with Crippen LogP contribution in [-0.2, 0) is 0 Å². The fourth-order valence-corrected chi connectivity index (χ4v) is 2.14. The van der Waals surface area contributed by atoms with Gasteiger partial charge in [-0.3, -0.25) is 0 Å². The van der Waals surface area contributed by atoms with Crippen LogP contribution in [0.25, 0.3) is 0 Å². The zero-order valence-corrected chi connectivity index (χ0v) is 11.5. The summed E-state index contributed by atoms with van der Waals surface area (Å²) < 4.78 is 0. The molecule has 1 aromatic heterocycles. The Morgan fingerprint density at radius 3 is 2.79 bits per heavy atom. The van der Waals surface area contributed by atoms with Crippen LogP contribution in [-0.4, -0.2) is 27.5 Å². The molecule has 0 fully saturated rings. The van der Waals surface area contributed by atoms with Gasteiger partial charge in [0.2, 0.25) is 0 Å². The Balaban J connectivity index is 2.31. The van der Waals surface area contributed by atoms with Gasteiger partial charge in [0.15, 0.2) is 5.82 Å². The van der Waals surface area contributed by atoms with Crippen molar-refractivity contribution in [3.05, 3.63) is 40.9 Å². The van der Waals surface area contributed by atoms with Crippen LogP contribution in [0.1, 0.15) is 10.4 Å². The first kappa shape index (κ1) is 13.6. The zero-order chi connectivity index (χ0) is 13.8. The average Bonchev–Trinajstić information content (AvgIpc) is 2.38. The minimum Gasteiger partial charge on any atom is -0.478 e. The van der Waals surface area contributed by atoms with Crippen molar-refractivity contribution in [1.29, 1.82) is 0 Å². The number of rotatable bonds is 4. The molecule has 0 aliphatic rings. The average molecular weight is 296 g/mol. The molecule has 0 saturated carbocycles. The van der Waals surface area contributed by atoms with E-state index in [4.69, 9.17) is 16.7 Å². The number of halogens is 1. The fraction of sp³-hybridized carbons (Fsp3) is 0.0833. The van der Waals surface area contributed by atoms with Crippen molar-refractivity contribution < 1.29 is 9.90 Å². The van der Waals surface area contributed by atoms with E-state index in [2.05, 4.69) is 15.5 Å². The largest absolute Gasteiger partial charge is 0.478 e. The van der Waals surface area contributed by atoms with Crippen molar-refractivity contribution in [1.82, 2.24) is 10.2 Å². The van der Waals surface area contributed by atoms with Gasteiger partial charge >= 0.3 is 5.97 Å². The smallest absolute Gasteiger partial charge is 0.338 e. The molecule has 1 aromatic carbocycles. The van der Waals surface area contributed by atoms with Crippen LogP contribution < -0.4 is 5.32 Å². The second-order valence-electron chi connectivity index (χ2n) is 3.59. The molecular weight excluding hydrogens is 286 g/mol. The third-order valence-corrected chi connectivity index (χ3v) is 3.20. The van der Waals surface area contributed by atoms with Crippen LogP contribution in [0.4, 0.5) is 11.5 Å². The minimum atomic E-state index is -1.03. The lowest BCUT2D eigenvalue weighted by Gasteiger charge is -2.07. The summed E-state index contributed by atoms with van der Waals surface area (Å²) in [6.07, 6.45) is 1.75. The maximum atomic E-state index is 11.1. The zero-order valence-electron chi connectivity index (χ0n) is 9.92. The van der Waals surface area contributed by atoms with E-state index in [0.717, 1.165) is 5.69 Å². The summed E-state index contributed by atoms with van der Waals surface area (Å²) in [6.45, 7) is 0. The van der Waals surface area contributed by atoms with Crippen LogP contribution in [0.15, 0.2) is 35.4 Å². The predicted molar refractivity (Wildman–Crippen MR) is 75.5 cm³/mol. The number of benzene rings is 1. The number of carboxylic acid groups (broad SMARTS) is 1. The topological polar surface area (TPSA) is 75.1 Å². The highest BCUT2D eigenvalue weighted by atomic mass is 35.5. The standard InChI is InChI=1S/C12H10ClN3O2S/c1-19-11-9(12(17)18)6-10(15-16-11)14-8-4-2-3-7(13)5-8/h2-6H,1H3,(H,14,15)(H,17,18). The summed E-state index contributed by atoms with van der Waals surface area (Å²) in [7, 11) is 0. The number of hydrogen-bond donors (Lipinski definition) is 2. The van der Waals surface area contributed by atoms with Crippen molar-refractivity contribution in [2.24, 2.45) is 0 Å². The molecular formula is C12H10ClN3O2S. The van der Waals surface area contributed by atoms with Crippen LogP contribution in [0.3, 0.4) is 0 Å². The molecule has 0 spiro atoms. The Morgan fingerprint density at radius 2 is 2.16 bits per heavy atom. The summed E-state index contributed by atoms with van der Waals surface area (Å²) in [5, 5.41) is 20.8. The number of nitrogens with zero attached hydrogens (tertiary/aromatic N) is 2. The summed E-state index contributed by atoms with van der Waals surface area (Å²) in [5.74, 6) is -0.675. The molecule has 0 saturated heterocycles. The highest BCUT2D eigenvalue weighted by molar-refractivity contribution is 7.98.